The molecule has 152 valence electrons. The number of amidine groups is 1. The van der Waals surface area contributed by atoms with Crippen molar-refractivity contribution in [2.75, 3.05) is 23.7 Å². The van der Waals surface area contributed by atoms with Crippen LogP contribution >= 0.6 is 12.2 Å². The molecule has 0 aliphatic rings. The number of benzene rings is 2. The Morgan fingerprint density at radius 1 is 0.966 bits per heavy atom. The van der Waals surface area contributed by atoms with Crippen molar-refractivity contribution in [3.63, 3.8) is 0 Å². The molecule has 2 aromatic carbocycles. The summed E-state index contributed by atoms with van der Waals surface area (Å²) in [5.74, 6) is 0.377. The van der Waals surface area contributed by atoms with E-state index in [-0.39, 0.29) is 5.96 Å². The molecule has 29 heavy (non-hydrogen) atoms. The van der Waals surface area contributed by atoms with Crippen LogP contribution in [0.5, 0.6) is 0 Å². The lowest BCUT2D eigenvalue weighted by Gasteiger charge is -2.12. The Bertz CT molecular complexity index is 946. The van der Waals surface area contributed by atoms with Crippen LogP contribution in [0.3, 0.4) is 0 Å². The third-order valence-corrected chi connectivity index (χ3v) is 3.91. The molecule has 0 atom stereocenters. The highest BCUT2D eigenvalue weighted by atomic mass is 32.1. The number of anilines is 2. The molecule has 0 heterocycles. The Morgan fingerprint density at radius 2 is 1.55 bits per heavy atom. The van der Waals surface area contributed by atoms with Gasteiger partial charge in [-0.15, -0.1) is 5.10 Å². The molecule has 0 aromatic heterocycles. The van der Waals surface area contributed by atoms with Gasteiger partial charge in [0.15, 0.2) is 5.11 Å². The standard InChI is InChI=1S/C19H25N9S/c1-12(27-28-18(22)23)13-4-2-6-15(10-13)25-19(29)26-16-7-3-5-14(11-16)17(21)24-9-8-20/h2-7,10-11H,8-9,20H2,1H3,(H2,21,24)(H4,22,23,28)(H2,25,26,29)/p+1/b27-12+. The number of aliphatic imine (C=N–C) groups is 1. The molecule has 0 spiro atoms. The van der Waals surface area contributed by atoms with Crippen LogP contribution in [0, 0.1) is 0 Å². The summed E-state index contributed by atoms with van der Waals surface area (Å²) in [6, 6.07) is 15.1. The quantitative estimate of drug-likeness (QED) is 0.167. The molecule has 10 heteroatoms. The highest BCUT2D eigenvalue weighted by molar-refractivity contribution is 7.80. The summed E-state index contributed by atoms with van der Waals surface area (Å²) in [6.07, 6.45) is 0. The van der Waals surface area contributed by atoms with Crippen LogP contribution in [0.4, 0.5) is 11.4 Å². The van der Waals surface area contributed by atoms with Crippen LogP contribution in [0.15, 0.2) is 63.7 Å². The molecule has 0 saturated carbocycles. The minimum atomic E-state index is -0.0942. The van der Waals surface area contributed by atoms with E-state index in [0.717, 1.165) is 22.5 Å². The van der Waals surface area contributed by atoms with E-state index in [0.29, 0.717) is 29.7 Å². The van der Waals surface area contributed by atoms with E-state index in [4.69, 9.17) is 29.4 Å². The van der Waals surface area contributed by atoms with Crippen molar-refractivity contribution in [3.8, 4) is 0 Å². The number of hydrogen-bond acceptors (Lipinski definition) is 4. The first kappa shape index (κ1) is 21.8. The topological polar surface area (TPSA) is 167 Å². The first-order chi connectivity index (χ1) is 13.9. The fourth-order valence-corrected chi connectivity index (χ4v) is 2.59. The van der Waals surface area contributed by atoms with Crippen LogP contribution in [0.2, 0.25) is 0 Å². The first-order valence-corrected chi connectivity index (χ1v) is 9.31. The van der Waals surface area contributed by atoms with Gasteiger partial charge in [-0.1, -0.05) is 24.3 Å². The van der Waals surface area contributed by atoms with Crippen LogP contribution in [0.1, 0.15) is 18.1 Å². The Labute approximate surface area is 175 Å². The predicted octanol–water partition coefficient (Wildman–Crippen LogP) is 0.440. The largest absolute Gasteiger partial charge is 0.384 e. The van der Waals surface area contributed by atoms with Crippen LogP contribution in [0.25, 0.3) is 0 Å². The van der Waals surface area contributed by atoms with Gasteiger partial charge >= 0.3 is 0 Å². The van der Waals surface area contributed by atoms with E-state index in [1.165, 1.54) is 0 Å². The zero-order valence-electron chi connectivity index (χ0n) is 16.2. The van der Waals surface area contributed by atoms with Crippen molar-refractivity contribution in [1.82, 2.24) is 0 Å². The number of quaternary nitrogens is 1. The normalized spacial score (nSPS) is 11.7. The maximum absolute atomic E-state index is 6.00. The molecular formula is C19H26N9S+. The Hall–Kier alpha value is -3.50. The number of nitrogens with two attached hydrogens (primary N) is 3. The average molecular weight is 413 g/mol. The highest BCUT2D eigenvalue weighted by Crippen LogP contribution is 2.14. The molecule has 0 aliphatic heterocycles. The van der Waals surface area contributed by atoms with Gasteiger partial charge in [0, 0.05) is 16.9 Å². The smallest absolute Gasteiger partial charge is 0.211 e. The van der Waals surface area contributed by atoms with Gasteiger partial charge in [0.1, 0.15) is 5.84 Å². The summed E-state index contributed by atoms with van der Waals surface area (Å²) in [7, 11) is 0. The molecule has 2 rings (SSSR count). The van der Waals surface area contributed by atoms with E-state index >= 15 is 0 Å². The molecule has 0 amide bonds. The fourth-order valence-electron chi connectivity index (χ4n) is 2.35. The van der Waals surface area contributed by atoms with E-state index in [1.54, 1.807) is 0 Å². The molecule has 0 fully saturated rings. The molecule has 0 radical (unpaired) electrons. The van der Waals surface area contributed by atoms with E-state index in [2.05, 4.69) is 31.6 Å². The molecule has 9 nitrogen and oxygen atoms in total. The van der Waals surface area contributed by atoms with Gasteiger partial charge in [-0.05, 0) is 49.0 Å². The second-order valence-corrected chi connectivity index (χ2v) is 6.48. The molecule has 0 saturated heterocycles. The summed E-state index contributed by atoms with van der Waals surface area (Å²) in [6.45, 7) is 3.10. The second kappa shape index (κ2) is 10.7. The molecule has 0 aliphatic carbocycles. The van der Waals surface area contributed by atoms with Crippen LogP contribution in [-0.4, -0.2) is 35.7 Å². The number of guanidine groups is 1. The van der Waals surface area contributed by atoms with Gasteiger partial charge in [-0.25, -0.2) is 0 Å². The molecule has 11 N–H and O–H groups in total. The van der Waals surface area contributed by atoms with Crippen molar-refractivity contribution >= 4 is 46.2 Å². The van der Waals surface area contributed by atoms with Crippen molar-refractivity contribution in [3.05, 3.63) is 59.7 Å². The zero-order valence-corrected chi connectivity index (χ0v) is 17.0. The lowest BCUT2D eigenvalue weighted by Crippen LogP contribution is -2.51. The number of nitrogens with zero attached hydrogens (tertiary/aromatic N) is 3. The summed E-state index contributed by atoms with van der Waals surface area (Å²) in [5.41, 5.74) is 24.3. The molecular weight excluding hydrogens is 386 g/mol. The van der Waals surface area contributed by atoms with Crippen molar-refractivity contribution in [1.29, 1.82) is 0 Å². The molecule has 0 unspecified atom stereocenters. The van der Waals surface area contributed by atoms with Gasteiger partial charge < -0.3 is 33.6 Å². The van der Waals surface area contributed by atoms with Gasteiger partial charge in [0.25, 0.3) is 0 Å². The van der Waals surface area contributed by atoms with Gasteiger partial charge in [-0.3, -0.25) is 4.99 Å². The number of thiocarbonyl (C=S) groups is 1. The Balaban J connectivity index is 2.07. The molecule has 0 bridgehead atoms. The SMILES string of the molecule is C/C(=N\N=C(N)N)c1cccc(NC(=S)Nc2cccc(C(N)=NCC[NH3+])c2)c1. The van der Waals surface area contributed by atoms with Crippen LogP contribution in [-0.2, 0) is 0 Å². The maximum atomic E-state index is 6.00. The summed E-state index contributed by atoms with van der Waals surface area (Å²) >= 11 is 5.41. The van der Waals surface area contributed by atoms with E-state index < -0.39 is 0 Å². The van der Waals surface area contributed by atoms with E-state index in [9.17, 15) is 0 Å². The lowest BCUT2D eigenvalue weighted by atomic mass is 10.1. The average Bonchev–Trinajstić information content (AvgIpc) is 2.70. The Kier molecular flexibility index (Phi) is 8.07. The third kappa shape index (κ3) is 7.20. The summed E-state index contributed by atoms with van der Waals surface area (Å²) in [5, 5.41) is 14.4. The van der Waals surface area contributed by atoms with E-state index in [1.807, 2.05) is 55.5 Å². The number of rotatable bonds is 7. The minimum absolute atomic E-state index is 0.0942. The fraction of sp³-hybridized carbons (Fsp3) is 0.158. The second-order valence-electron chi connectivity index (χ2n) is 6.07. The van der Waals surface area contributed by atoms with Gasteiger partial charge in [0.05, 0.1) is 18.8 Å². The van der Waals surface area contributed by atoms with Crippen molar-refractivity contribution < 1.29 is 5.73 Å². The maximum Gasteiger partial charge on any atom is 0.211 e. The number of nitrogens with one attached hydrogen (secondary N) is 2. The highest BCUT2D eigenvalue weighted by Gasteiger charge is 2.04. The number of hydrogen-bond donors (Lipinski definition) is 6. The summed E-state index contributed by atoms with van der Waals surface area (Å²) < 4.78 is 0. The van der Waals surface area contributed by atoms with Gasteiger partial charge in [-0.2, -0.15) is 5.10 Å². The lowest BCUT2D eigenvalue weighted by molar-refractivity contribution is -0.363. The first-order valence-electron chi connectivity index (χ1n) is 8.90. The Morgan fingerprint density at radius 3 is 2.14 bits per heavy atom. The van der Waals surface area contributed by atoms with Crippen molar-refractivity contribution in [2.45, 2.75) is 6.92 Å². The third-order valence-electron chi connectivity index (χ3n) is 3.71. The molecule has 2 aromatic rings. The summed E-state index contributed by atoms with van der Waals surface area (Å²) in [4.78, 5) is 4.27. The monoisotopic (exact) mass is 412 g/mol. The zero-order chi connectivity index (χ0) is 21.2. The minimum Gasteiger partial charge on any atom is -0.384 e. The van der Waals surface area contributed by atoms with Crippen LogP contribution < -0.4 is 33.6 Å². The van der Waals surface area contributed by atoms with Gasteiger partial charge in [0.2, 0.25) is 5.96 Å². The predicted molar refractivity (Wildman–Crippen MR) is 124 cm³/mol. The van der Waals surface area contributed by atoms with Crippen molar-refractivity contribution in [2.24, 2.45) is 32.4 Å².